The number of alkyl halides is 3. The molecule has 90 valence electrons. The van der Waals surface area contributed by atoms with Gasteiger partial charge < -0.3 is 5.11 Å². The average molecular weight is 234 g/mol. The summed E-state index contributed by atoms with van der Waals surface area (Å²) in [5.74, 6) is 0. The van der Waals surface area contributed by atoms with Gasteiger partial charge in [-0.05, 0) is 18.4 Å². The molecule has 0 saturated carbocycles. The van der Waals surface area contributed by atoms with Crippen molar-refractivity contribution in [1.29, 1.82) is 0 Å². The highest BCUT2D eigenvalue weighted by Gasteiger charge is 2.28. The maximum Gasteiger partial charge on any atom is 0.522 e. The first-order valence-electron chi connectivity index (χ1n) is 4.93. The third-order valence-electron chi connectivity index (χ3n) is 2.07. The van der Waals surface area contributed by atoms with E-state index in [-0.39, 0.29) is 12.8 Å². The van der Waals surface area contributed by atoms with Crippen molar-refractivity contribution in [1.82, 2.24) is 0 Å². The molecule has 16 heavy (non-hydrogen) atoms. The second kappa shape index (κ2) is 5.86. The molecule has 1 N–H and O–H groups in total. The van der Waals surface area contributed by atoms with Gasteiger partial charge in [-0.15, -0.1) is 13.2 Å². The van der Waals surface area contributed by atoms with Crippen molar-refractivity contribution in [2.45, 2.75) is 25.3 Å². The Morgan fingerprint density at radius 1 is 1.19 bits per heavy atom. The predicted octanol–water partition coefficient (Wildman–Crippen LogP) is 3.04. The molecule has 5 heteroatoms. The third-order valence-corrected chi connectivity index (χ3v) is 2.07. The Hall–Kier alpha value is -1.07. The lowest BCUT2D eigenvalue weighted by atomic mass is 10.1. The summed E-state index contributed by atoms with van der Waals surface area (Å²) in [6.45, 7) is -0.423. The van der Waals surface area contributed by atoms with E-state index in [9.17, 15) is 18.3 Å². The minimum absolute atomic E-state index is 0.162. The van der Waals surface area contributed by atoms with Crippen LogP contribution in [0.15, 0.2) is 30.3 Å². The van der Waals surface area contributed by atoms with E-state index in [1.807, 2.05) is 6.07 Å². The van der Waals surface area contributed by atoms with Crippen molar-refractivity contribution in [3.05, 3.63) is 35.9 Å². The lowest BCUT2D eigenvalue weighted by Crippen LogP contribution is -2.14. The fourth-order valence-corrected chi connectivity index (χ4v) is 1.31. The van der Waals surface area contributed by atoms with Crippen molar-refractivity contribution in [2.24, 2.45) is 0 Å². The van der Waals surface area contributed by atoms with Crippen LogP contribution in [0.1, 0.15) is 24.5 Å². The van der Waals surface area contributed by atoms with Crippen LogP contribution in [0.3, 0.4) is 0 Å². The van der Waals surface area contributed by atoms with Gasteiger partial charge in [-0.3, -0.25) is 4.74 Å². The van der Waals surface area contributed by atoms with Crippen LogP contribution in [-0.2, 0) is 4.74 Å². The van der Waals surface area contributed by atoms with Crippen LogP contribution in [0, 0.1) is 0 Å². The van der Waals surface area contributed by atoms with Gasteiger partial charge in [-0.2, -0.15) is 0 Å². The van der Waals surface area contributed by atoms with E-state index in [2.05, 4.69) is 4.74 Å². The molecule has 0 amide bonds. The highest BCUT2D eigenvalue weighted by molar-refractivity contribution is 5.16. The zero-order valence-electron chi connectivity index (χ0n) is 8.57. The van der Waals surface area contributed by atoms with Gasteiger partial charge in [0.25, 0.3) is 0 Å². The summed E-state index contributed by atoms with van der Waals surface area (Å²) >= 11 is 0. The van der Waals surface area contributed by atoms with Gasteiger partial charge in [0.05, 0.1) is 12.7 Å². The molecule has 1 atom stereocenters. The zero-order valence-corrected chi connectivity index (χ0v) is 8.57. The highest BCUT2D eigenvalue weighted by atomic mass is 19.4. The molecule has 0 heterocycles. The fourth-order valence-electron chi connectivity index (χ4n) is 1.31. The Morgan fingerprint density at radius 2 is 1.81 bits per heavy atom. The molecular weight excluding hydrogens is 221 g/mol. The van der Waals surface area contributed by atoms with Gasteiger partial charge in [0.15, 0.2) is 0 Å². The van der Waals surface area contributed by atoms with Gasteiger partial charge in [0.1, 0.15) is 0 Å². The second-order valence-corrected chi connectivity index (χ2v) is 3.36. The van der Waals surface area contributed by atoms with Gasteiger partial charge in [0.2, 0.25) is 0 Å². The zero-order chi connectivity index (χ0) is 12.0. The molecule has 1 aromatic carbocycles. The lowest BCUT2D eigenvalue weighted by Gasteiger charge is -2.11. The first-order chi connectivity index (χ1) is 7.49. The molecule has 2 nitrogen and oxygen atoms in total. The Labute approximate surface area is 91.7 Å². The van der Waals surface area contributed by atoms with Crippen molar-refractivity contribution < 1.29 is 23.0 Å². The molecule has 1 rings (SSSR count). The van der Waals surface area contributed by atoms with E-state index in [0.717, 1.165) is 0 Å². The molecule has 1 aromatic rings. The van der Waals surface area contributed by atoms with Crippen LogP contribution in [0.2, 0.25) is 0 Å². The van der Waals surface area contributed by atoms with Crippen LogP contribution in [0.4, 0.5) is 13.2 Å². The number of aliphatic hydroxyl groups excluding tert-OH is 1. The van der Waals surface area contributed by atoms with E-state index in [1.165, 1.54) is 0 Å². The molecule has 1 unspecified atom stereocenters. The summed E-state index contributed by atoms with van der Waals surface area (Å²) in [7, 11) is 0. The molecule has 0 aliphatic carbocycles. The van der Waals surface area contributed by atoms with E-state index in [4.69, 9.17) is 0 Å². The lowest BCUT2D eigenvalue weighted by molar-refractivity contribution is -0.324. The van der Waals surface area contributed by atoms with Crippen molar-refractivity contribution in [3.63, 3.8) is 0 Å². The molecule has 0 spiro atoms. The number of aliphatic hydroxyl groups is 1. The van der Waals surface area contributed by atoms with Crippen LogP contribution < -0.4 is 0 Å². The number of hydrogen-bond acceptors (Lipinski definition) is 2. The second-order valence-electron chi connectivity index (χ2n) is 3.36. The van der Waals surface area contributed by atoms with Crippen LogP contribution in [0.5, 0.6) is 0 Å². The summed E-state index contributed by atoms with van der Waals surface area (Å²) in [5, 5.41) is 9.61. The topological polar surface area (TPSA) is 29.5 Å². The fraction of sp³-hybridized carbons (Fsp3) is 0.455. The third kappa shape index (κ3) is 5.14. The van der Waals surface area contributed by atoms with E-state index in [1.54, 1.807) is 24.3 Å². The minimum Gasteiger partial charge on any atom is -0.388 e. The minimum atomic E-state index is -4.59. The summed E-state index contributed by atoms with van der Waals surface area (Å²) in [5.41, 5.74) is 0.703. The Balaban J connectivity index is 2.24. The van der Waals surface area contributed by atoms with Crippen LogP contribution >= 0.6 is 0 Å². The predicted molar refractivity (Wildman–Crippen MR) is 52.6 cm³/mol. The summed E-state index contributed by atoms with van der Waals surface area (Å²) in [4.78, 5) is 0. The molecule has 0 aliphatic rings. The summed E-state index contributed by atoms with van der Waals surface area (Å²) in [6.07, 6.45) is -4.91. The first kappa shape index (κ1) is 13.0. The Morgan fingerprint density at radius 3 is 2.38 bits per heavy atom. The number of hydrogen-bond donors (Lipinski definition) is 1. The molecule has 0 aliphatic heterocycles. The normalized spacial score (nSPS) is 13.8. The summed E-state index contributed by atoms with van der Waals surface area (Å²) in [6, 6.07) is 8.81. The van der Waals surface area contributed by atoms with Gasteiger partial charge in [0, 0.05) is 0 Å². The van der Waals surface area contributed by atoms with Crippen molar-refractivity contribution in [2.75, 3.05) is 6.61 Å². The van der Waals surface area contributed by atoms with Gasteiger partial charge in [-0.1, -0.05) is 30.3 Å². The maximum atomic E-state index is 11.6. The number of rotatable bonds is 5. The largest absolute Gasteiger partial charge is 0.522 e. The molecular formula is C11H13F3O2. The first-order valence-corrected chi connectivity index (χ1v) is 4.93. The van der Waals surface area contributed by atoms with E-state index in [0.29, 0.717) is 5.56 Å². The van der Waals surface area contributed by atoms with Gasteiger partial charge in [-0.25, -0.2) is 0 Å². The standard InChI is InChI=1S/C11H13F3O2/c12-11(13,14)16-8-4-7-10(15)9-5-2-1-3-6-9/h1-3,5-6,10,15H,4,7-8H2. The smallest absolute Gasteiger partial charge is 0.388 e. The van der Waals surface area contributed by atoms with Crippen LogP contribution in [-0.4, -0.2) is 18.1 Å². The quantitative estimate of drug-likeness (QED) is 0.793. The van der Waals surface area contributed by atoms with Gasteiger partial charge >= 0.3 is 6.36 Å². The molecule has 0 radical (unpaired) electrons. The summed E-state index contributed by atoms with van der Waals surface area (Å²) < 4.78 is 38.5. The maximum absolute atomic E-state index is 11.6. The highest BCUT2D eigenvalue weighted by Crippen LogP contribution is 2.20. The monoisotopic (exact) mass is 234 g/mol. The van der Waals surface area contributed by atoms with E-state index >= 15 is 0 Å². The molecule has 0 bridgehead atoms. The van der Waals surface area contributed by atoms with Crippen molar-refractivity contribution >= 4 is 0 Å². The molecule has 0 aromatic heterocycles. The van der Waals surface area contributed by atoms with E-state index < -0.39 is 19.1 Å². The van der Waals surface area contributed by atoms with Crippen LogP contribution in [0.25, 0.3) is 0 Å². The molecule has 0 fully saturated rings. The number of benzene rings is 1. The average Bonchev–Trinajstić information content (AvgIpc) is 2.24. The SMILES string of the molecule is OC(CCCOC(F)(F)F)c1ccccc1. The van der Waals surface area contributed by atoms with Crippen molar-refractivity contribution in [3.8, 4) is 0 Å². The number of halogens is 3. The Kier molecular flexibility index (Phi) is 4.76. The Bertz CT molecular complexity index is 298. The number of ether oxygens (including phenoxy) is 1. The molecule has 0 saturated heterocycles.